The smallest absolute Gasteiger partial charge is 0.407 e. The summed E-state index contributed by atoms with van der Waals surface area (Å²) in [7, 11) is 0. The molecule has 2 N–H and O–H groups in total. The van der Waals surface area contributed by atoms with Gasteiger partial charge in [0.15, 0.2) is 0 Å². The number of nitrogens with one attached hydrogen (secondary N) is 2. The molecule has 0 spiro atoms. The Kier molecular flexibility index (Phi) is 6.80. The van der Waals surface area contributed by atoms with Crippen LogP contribution in [0.4, 0.5) is 4.79 Å². The summed E-state index contributed by atoms with van der Waals surface area (Å²) >= 11 is 0. The SMILES string of the molecule is CCCC(CC)NCC(NC(=O)OC(C)(C)C)C1CC1. The highest BCUT2D eigenvalue weighted by Gasteiger charge is 2.33. The molecule has 0 saturated heterocycles. The fourth-order valence-corrected chi connectivity index (χ4v) is 2.39. The minimum absolute atomic E-state index is 0.204. The Morgan fingerprint density at radius 2 is 1.95 bits per heavy atom. The van der Waals surface area contributed by atoms with E-state index in [1.54, 1.807) is 0 Å². The van der Waals surface area contributed by atoms with Gasteiger partial charge in [-0.1, -0.05) is 20.3 Å². The molecule has 2 unspecified atom stereocenters. The quantitative estimate of drug-likeness (QED) is 0.717. The van der Waals surface area contributed by atoms with E-state index in [1.165, 1.54) is 25.7 Å². The Balaban J connectivity index is 2.39. The van der Waals surface area contributed by atoms with Crippen molar-refractivity contribution in [3.05, 3.63) is 0 Å². The van der Waals surface area contributed by atoms with E-state index in [0.29, 0.717) is 12.0 Å². The van der Waals surface area contributed by atoms with Crippen LogP contribution in [0.3, 0.4) is 0 Å². The van der Waals surface area contributed by atoms with Crippen molar-refractivity contribution in [3.8, 4) is 0 Å². The summed E-state index contributed by atoms with van der Waals surface area (Å²) in [5.41, 5.74) is -0.431. The molecule has 4 nitrogen and oxygen atoms in total. The number of hydrogen-bond donors (Lipinski definition) is 2. The molecule has 0 aliphatic heterocycles. The number of alkyl carbamates (subject to hydrolysis) is 1. The molecule has 1 amide bonds. The molecule has 0 bridgehead atoms. The molecule has 1 aliphatic rings. The zero-order valence-corrected chi connectivity index (χ0v) is 13.8. The number of rotatable bonds is 8. The molecular weight excluding hydrogens is 252 g/mol. The maximum absolute atomic E-state index is 11.9. The first-order valence-corrected chi connectivity index (χ1v) is 8.08. The van der Waals surface area contributed by atoms with Crippen LogP contribution in [0.5, 0.6) is 0 Å². The van der Waals surface area contributed by atoms with Crippen LogP contribution < -0.4 is 10.6 Å². The predicted octanol–water partition coefficient (Wildman–Crippen LogP) is 3.46. The van der Waals surface area contributed by atoms with Crippen LogP contribution in [-0.2, 0) is 4.74 Å². The van der Waals surface area contributed by atoms with Crippen molar-refractivity contribution in [2.45, 2.75) is 84.4 Å². The van der Waals surface area contributed by atoms with Gasteiger partial charge in [-0.05, 0) is 52.4 Å². The summed E-state index contributed by atoms with van der Waals surface area (Å²) in [6.45, 7) is 11.0. The van der Waals surface area contributed by atoms with Crippen LogP contribution in [0, 0.1) is 5.92 Å². The lowest BCUT2D eigenvalue weighted by molar-refractivity contribution is 0.0496. The minimum Gasteiger partial charge on any atom is -0.444 e. The number of carbonyl (C=O) groups excluding carboxylic acids is 1. The summed E-state index contributed by atoms with van der Waals surface area (Å²) < 4.78 is 5.35. The van der Waals surface area contributed by atoms with E-state index in [4.69, 9.17) is 4.74 Å². The second kappa shape index (κ2) is 7.87. The van der Waals surface area contributed by atoms with E-state index < -0.39 is 5.60 Å². The molecule has 0 radical (unpaired) electrons. The molecule has 1 saturated carbocycles. The first-order valence-electron chi connectivity index (χ1n) is 8.08. The molecule has 0 heterocycles. The van der Waals surface area contributed by atoms with Gasteiger partial charge in [-0.3, -0.25) is 0 Å². The molecule has 2 atom stereocenters. The Morgan fingerprint density at radius 3 is 2.40 bits per heavy atom. The van der Waals surface area contributed by atoms with Gasteiger partial charge in [0, 0.05) is 18.6 Å². The van der Waals surface area contributed by atoms with Crippen LogP contribution in [0.15, 0.2) is 0 Å². The van der Waals surface area contributed by atoms with Crippen LogP contribution in [0.1, 0.15) is 66.7 Å². The zero-order valence-electron chi connectivity index (χ0n) is 13.8. The lowest BCUT2D eigenvalue weighted by Crippen LogP contribution is -2.47. The van der Waals surface area contributed by atoms with E-state index in [1.807, 2.05) is 20.8 Å². The van der Waals surface area contributed by atoms with E-state index in [0.717, 1.165) is 13.0 Å². The molecule has 0 aromatic heterocycles. The Morgan fingerprint density at radius 1 is 1.30 bits per heavy atom. The van der Waals surface area contributed by atoms with Crippen molar-refractivity contribution in [2.75, 3.05) is 6.54 Å². The predicted molar refractivity (Wildman–Crippen MR) is 82.9 cm³/mol. The topological polar surface area (TPSA) is 50.4 Å². The van der Waals surface area contributed by atoms with Crippen LogP contribution in [0.25, 0.3) is 0 Å². The molecule has 0 aromatic rings. The van der Waals surface area contributed by atoms with E-state index in [-0.39, 0.29) is 12.1 Å². The van der Waals surface area contributed by atoms with Gasteiger partial charge in [0.05, 0.1) is 0 Å². The second-order valence-corrected chi connectivity index (χ2v) is 6.89. The van der Waals surface area contributed by atoms with Crippen LogP contribution in [0.2, 0.25) is 0 Å². The summed E-state index contributed by atoms with van der Waals surface area (Å²) in [6, 6.07) is 0.762. The van der Waals surface area contributed by atoms with Gasteiger partial charge in [-0.25, -0.2) is 4.79 Å². The molecule has 20 heavy (non-hydrogen) atoms. The minimum atomic E-state index is -0.431. The summed E-state index contributed by atoms with van der Waals surface area (Å²) in [5, 5.41) is 6.62. The molecule has 0 aromatic carbocycles. The Hall–Kier alpha value is -0.770. The molecule has 1 rings (SSSR count). The molecule has 1 fully saturated rings. The van der Waals surface area contributed by atoms with Crippen LogP contribution >= 0.6 is 0 Å². The maximum atomic E-state index is 11.9. The number of carbonyl (C=O) groups is 1. The van der Waals surface area contributed by atoms with Crippen molar-refractivity contribution in [1.82, 2.24) is 10.6 Å². The largest absolute Gasteiger partial charge is 0.444 e. The standard InChI is InChI=1S/C16H32N2O2/c1-6-8-13(7-2)17-11-14(12-9-10-12)18-15(19)20-16(3,4)5/h12-14,17H,6-11H2,1-5H3,(H,18,19). The summed E-state index contributed by atoms with van der Waals surface area (Å²) in [6.07, 6.45) is 5.66. The lowest BCUT2D eigenvalue weighted by atomic mass is 10.1. The van der Waals surface area contributed by atoms with E-state index in [2.05, 4.69) is 24.5 Å². The van der Waals surface area contributed by atoms with Crippen LogP contribution in [-0.4, -0.2) is 30.3 Å². The van der Waals surface area contributed by atoms with Gasteiger partial charge in [-0.15, -0.1) is 0 Å². The average molecular weight is 284 g/mol. The fourth-order valence-electron chi connectivity index (χ4n) is 2.39. The third-order valence-corrected chi connectivity index (χ3v) is 3.65. The fraction of sp³-hybridized carbons (Fsp3) is 0.938. The van der Waals surface area contributed by atoms with Gasteiger partial charge in [0.25, 0.3) is 0 Å². The van der Waals surface area contributed by atoms with Crippen molar-refractivity contribution < 1.29 is 9.53 Å². The highest BCUT2D eigenvalue weighted by atomic mass is 16.6. The number of ether oxygens (including phenoxy) is 1. The first-order chi connectivity index (χ1) is 9.35. The van der Waals surface area contributed by atoms with Gasteiger partial charge in [-0.2, -0.15) is 0 Å². The molecular formula is C16H32N2O2. The second-order valence-electron chi connectivity index (χ2n) is 6.89. The number of hydrogen-bond acceptors (Lipinski definition) is 3. The monoisotopic (exact) mass is 284 g/mol. The van der Waals surface area contributed by atoms with Gasteiger partial charge >= 0.3 is 6.09 Å². The highest BCUT2D eigenvalue weighted by molar-refractivity contribution is 5.68. The lowest BCUT2D eigenvalue weighted by Gasteiger charge is -2.25. The summed E-state index contributed by atoms with van der Waals surface area (Å²) in [4.78, 5) is 11.9. The van der Waals surface area contributed by atoms with Crippen molar-refractivity contribution in [2.24, 2.45) is 5.92 Å². The zero-order chi connectivity index (χ0) is 15.2. The molecule has 1 aliphatic carbocycles. The first kappa shape index (κ1) is 17.3. The normalized spacial score (nSPS) is 18.4. The third kappa shape index (κ3) is 7.13. The van der Waals surface area contributed by atoms with Gasteiger partial charge in [0.1, 0.15) is 5.60 Å². The average Bonchev–Trinajstić information content (AvgIpc) is 3.14. The van der Waals surface area contributed by atoms with Gasteiger partial charge in [0.2, 0.25) is 0 Å². The van der Waals surface area contributed by atoms with Crippen molar-refractivity contribution in [1.29, 1.82) is 0 Å². The highest BCUT2D eigenvalue weighted by Crippen LogP contribution is 2.32. The summed E-state index contributed by atoms with van der Waals surface area (Å²) in [5.74, 6) is 0.620. The molecule has 118 valence electrons. The number of amides is 1. The van der Waals surface area contributed by atoms with Crippen molar-refractivity contribution >= 4 is 6.09 Å². The van der Waals surface area contributed by atoms with Gasteiger partial charge < -0.3 is 15.4 Å². The van der Waals surface area contributed by atoms with E-state index >= 15 is 0 Å². The van der Waals surface area contributed by atoms with Crippen molar-refractivity contribution in [3.63, 3.8) is 0 Å². The third-order valence-electron chi connectivity index (χ3n) is 3.65. The Bertz CT molecular complexity index is 295. The molecule has 4 heteroatoms. The maximum Gasteiger partial charge on any atom is 0.407 e. The Labute approximate surface area is 124 Å². The van der Waals surface area contributed by atoms with E-state index in [9.17, 15) is 4.79 Å².